The minimum Gasteiger partial charge on any atom is -0.544 e. The molecule has 0 amide bonds. The van der Waals surface area contributed by atoms with Crippen molar-refractivity contribution in [1.82, 2.24) is 0 Å². The lowest BCUT2D eigenvalue weighted by atomic mass is 10.0. The molecule has 0 aliphatic rings. The number of nitrogens with zero attached hydrogens (tertiary/aromatic N) is 1. The number of carboxylic acid groups (broad SMARTS) is 1. The monoisotopic (exact) mass is 890 g/mol. The van der Waals surface area contributed by atoms with Gasteiger partial charge in [0.15, 0.2) is 6.10 Å². The molecule has 2 unspecified atom stereocenters. The molecular weight excluding hydrogens is 787 g/mol. The normalized spacial score (nSPS) is 13.0. The molecule has 8 nitrogen and oxygen atoms in total. The van der Waals surface area contributed by atoms with Crippen molar-refractivity contribution >= 4 is 17.9 Å². The standard InChI is InChI=1S/C55H103NO7/c1-6-8-10-12-14-16-18-20-22-24-25-26-27-28-29-30-32-33-35-37-39-41-43-45-53(57)62-50-51(49-61-48-47-52(55(59)60)56(3,4)5)63-54(58)46-44-42-40-38-36-34-31-23-21-19-17-15-13-11-9-7-2/h23,31,34,36,51-52H,6-22,24-30,32-33,35,37-50H2,1-5H3/b31-23+,36-34+. The van der Waals surface area contributed by atoms with Crippen LogP contribution >= 0.6 is 0 Å². The van der Waals surface area contributed by atoms with Gasteiger partial charge in [0.25, 0.3) is 0 Å². The lowest BCUT2D eigenvalue weighted by Gasteiger charge is -2.34. The summed E-state index contributed by atoms with van der Waals surface area (Å²) in [6.45, 7) is 4.67. The zero-order valence-corrected chi connectivity index (χ0v) is 42.3. The molecule has 0 aromatic heterocycles. The first-order valence-corrected chi connectivity index (χ1v) is 26.9. The van der Waals surface area contributed by atoms with Crippen LogP contribution in [0.2, 0.25) is 0 Å². The second kappa shape index (κ2) is 46.3. The molecule has 0 aliphatic heterocycles. The van der Waals surface area contributed by atoms with E-state index in [1.54, 1.807) is 21.1 Å². The molecule has 0 radical (unpaired) electrons. The molecule has 370 valence electrons. The predicted molar refractivity (Wildman–Crippen MR) is 264 cm³/mol. The third-order valence-corrected chi connectivity index (χ3v) is 12.4. The fourth-order valence-corrected chi connectivity index (χ4v) is 8.18. The Morgan fingerprint density at radius 1 is 0.476 bits per heavy atom. The molecule has 0 aromatic rings. The first-order valence-electron chi connectivity index (χ1n) is 26.9. The van der Waals surface area contributed by atoms with Crippen molar-refractivity contribution in [3.8, 4) is 0 Å². The Morgan fingerprint density at radius 3 is 1.21 bits per heavy atom. The molecule has 0 aliphatic carbocycles. The van der Waals surface area contributed by atoms with Gasteiger partial charge in [0.1, 0.15) is 12.6 Å². The Kier molecular flexibility index (Phi) is 44.7. The highest BCUT2D eigenvalue weighted by Gasteiger charge is 2.25. The van der Waals surface area contributed by atoms with Crippen molar-refractivity contribution in [3.05, 3.63) is 24.3 Å². The molecule has 8 heteroatoms. The number of unbranched alkanes of at least 4 members (excludes halogenated alkanes) is 32. The van der Waals surface area contributed by atoms with Crippen LogP contribution in [-0.2, 0) is 28.6 Å². The van der Waals surface area contributed by atoms with Crippen LogP contribution in [0.1, 0.15) is 258 Å². The summed E-state index contributed by atoms with van der Waals surface area (Å²) in [5, 5.41) is 11.7. The predicted octanol–water partition coefficient (Wildman–Crippen LogP) is 14.3. The molecule has 0 bridgehead atoms. The van der Waals surface area contributed by atoms with Crippen molar-refractivity contribution in [2.45, 2.75) is 270 Å². The van der Waals surface area contributed by atoms with Gasteiger partial charge in [0, 0.05) is 19.3 Å². The average molecular weight is 890 g/mol. The largest absolute Gasteiger partial charge is 0.544 e. The van der Waals surface area contributed by atoms with Crippen LogP contribution in [0.15, 0.2) is 24.3 Å². The Bertz CT molecular complexity index is 1080. The summed E-state index contributed by atoms with van der Waals surface area (Å²) >= 11 is 0. The van der Waals surface area contributed by atoms with E-state index >= 15 is 0 Å². The number of rotatable bonds is 49. The molecule has 63 heavy (non-hydrogen) atoms. The first-order chi connectivity index (χ1) is 30.6. The van der Waals surface area contributed by atoms with E-state index in [0.29, 0.717) is 12.8 Å². The molecule has 0 saturated carbocycles. The Morgan fingerprint density at radius 2 is 0.825 bits per heavy atom. The molecule has 0 rings (SSSR count). The third kappa shape index (κ3) is 44.8. The Balaban J connectivity index is 4.18. The lowest BCUT2D eigenvalue weighted by molar-refractivity contribution is -0.889. The van der Waals surface area contributed by atoms with Gasteiger partial charge in [0.2, 0.25) is 0 Å². The van der Waals surface area contributed by atoms with Crippen LogP contribution in [-0.4, -0.2) is 75.5 Å². The summed E-state index contributed by atoms with van der Waals surface area (Å²) in [5.74, 6) is -1.75. The number of allylic oxidation sites excluding steroid dienone is 4. The maximum absolute atomic E-state index is 12.8. The minimum atomic E-state index is -1.13. The highest BCUT2D eigenvalue weighted by molar-refractivity contribution is 5.70. The zero-order valence-electron chi connectivity index (χ0n) is 42.3. The van der Waals surface area contributed by atoms with Crippen molar-refractivity contribution in [2.24, 2.45) is 0 Å². The summed E-state index contributed by atoms with van der Waals surface area (Å²) in [4.78, 5) is 37.0. The van der Waals surface area contributed by atoms with Gasteiger partial charge in [-0.2, -0.15) is 0 Å². The van der Waals surface area contributed by atoms with E-state index in [4.69, 9.17) is 14.2 Å². The number of carbonyl (C=O) groups is 3. The number of likely N-dealkylation sites (N-methyl/N-ethyl adjacent to an activating group) is 1. The van der Waals surface area contributed by atoms with Gasteiger partial charge in [-0.15, -0.1) is 0 Å². The van der Waals surface area contributed by atoms with Gasteiger partial charge in [-0.25, -0.2) is 0 Å². The quantitative estimate of drug-likeness (QED) is 0.0259. The smallest absolute Gasteiger partial charge is 0.306 e. The number of hydrogen-bond donors (Lipinski definition) is 0. The van der Waals surface area contributed by atoms with Crippen LogP contribution in [0.25, 0.3) is 0 Å². The molecule has 0 heterocycles. The van der Waals surface area contributed by atoms with E-state index in [1.165, 1.54) is 173 Å². The molecule has 0 saturated heterocycles. The first kappa shape index (κ1) is 60.8. The Labute approximate surface area is 390 Å². The van der Waals surface area contributed by atoms with Gasteiger partial charge in [-0.1, -0.05) is 224 Å². The Hall–Kier alpha value is -2.19. The number of carbonyl (C=O) groups excluding carboxylic acids is 3. The van der Waals surface area contributed by atoms with Crippen molar-refractivity contribution in [2.75, 3.05) is 41.0 Å². The average Bonchev–Trinajstić information content (AvgIpc) is 3.24. The van der Waals surface area contributed by atoms with Gasteiger partial charge >= 0.3 is 11.9 Å². The number of carboxylic acids is 1. The van der Waals surface area contributed by atoms with Crippen molar-refractivity contribution < 1.29 is 38.2 Å². The summed E-state index contributed by atoms with van der Waals surface area (Å²) in [6.07, 6.45) is 53.6. The number of aliphatic carboxylic acids is 1. The summed E-state index contributed by atoms with van der Waals surface area (Å²) in [5.41, 5.74) is 0. The van der Waals surface area contributed by atoms with Crippen molar-refractivity contribution in [3.63, 3.8) is 0 Å². The van der Waals surface area contributed by atoms with E-state index in [0.717, 1.165) is 51.4 Å². The minimum absolute atomic E-state index is 0.0344. The second-order valence-electron chi connectivity index (χ2n) is 19.5. The molecule has 0 spiro atoms. The van der Waals surface area contributed by atoms with Crippen LogP contribution in [0.3, 0.4) is 0 Å². The SMILES string of the molecule is CCCCCCCCC/C=C/C=C/CCCCCC(=O)OC(COCCC(C(=O)[O-])[N+](C)(C)C)COC(=O)CCCCCCCCCCCCCCCCCCCCCCCCC. The summed E-state index contributed by atoms with van der Waals surface area (Å²) in [6, 6.07) is -0.728. The van der Waals surface area contributed by atoms with E-state index in [9.17, 15) is 19.5 Å². The van der Waals surface area contributed by atoms with Gasteiger partial charge in [-0.3, -0.25) is 9.59 Å². The summed E-state index contributed by atoms with van der Waals surface area (Å²) < 4.78 is 17.2. The van der Waals surface area contributed by atoms with Gasteiger partial charge < -0.3 is 28.6 Å². The van der Waals surface area contributed by atoms with E-state index < -0.39 is 18.1 Å². The maximum atomic E-state index is 12.8. The van der Waals surface area contributed by atoms with Gasteiger partial charge in [-0.05, 0) is 38.5 Å². The number of esters is 2. The van der Waals surface area contributed by atoms with Crippen LogP contribution in [0.4, 0.5) is 0 Å². The highest BCUT2D eigenvalue weighted by atomic mass is 16.6. The molecular formula is C55H103NO7. The van der Waals surface area contributed by atoms with E-state index in [1.807, 2.05) is 0 Å². The number of ether oxygens (including phenoxy) is 3. The van der Waals surface area contributed by atoms with Crippen LogP contribution in [0, 0.1) is 0 Å². The molecule has 0 aromatic carbocycles. The van der Waals surface area contributed by atoms with Gasteiger partial charge in [0.05, 0.1) is 40.3 Å². The summed E-state index contributed by atoms with van der Waals surface area (Å²) in [7, 11) is 5.41. The number of quaternary nitrogens is 1. The molecule has 0 fully saturated rings. The molecule has 0 N–H and O–H groups in total. The molecule has 2 atom stereocenters. The number of hydrogen-bond acceptors (Lipinski definition) is 7. The lowest BCUT2D eigenvalue weighted by Crippen LogP contribution is -2.55. The van der Waals surface area contributed by atoms with Crippen LogP contribution in [0.5, 0.6) is 0 Å². The van der Waals surface area contributed by atoms with Crippen LogP contribution < -0.4 is 5.11 Å². The van der Waals surface area contributed by atoms with Crippen molar-refractivity contribution in [1.29, 1.82) is 0 Å². The topological polar surface area (TPSA) is 102 Å². The maximum Gasteiger partial charge on any atom is 0.306 e. The highest BCUT2D eigenvalue weighted by Crippen LogP contribution is 2.17. The zero-order chi connectivity index (χ0) is 46.3. The van der Waals surface area contributed by atoms with E-state index in [2.05, 4.69) is 38.2 Å². The second-order valence-corrected chi connectivity index (χ2v) is 19.5. The van der Waals surface area contributed by atoms with E-state index in [-0.39, 0.29) is 42.7 Å². The fraction of sp³-hybridized carbons (Fsp3) is 0.873. The third-order valence-electron chi connectivity index (χ3n) is 12.4. The fourth-order valence-electron chi connectivity index (χ4n) is 8.18.